The van der Waals surface area contributed by atoms with Crippen LogP contribution in [0.25, 0.3) is 11.1 Å². The van der Waals surface area contributed by atoms with Crippen molar-refractivity contribution in [1.29, 1.82) is 0 Å². The minimum absolute atomic E-state index is 0.0841. The van der Waals surface area contributed by atoms with Gasteiger partial charge in [-0.25, -0.2) is 13.4 Å². The molecule has 0 aliphatic carbocycles. The monoisotopic (exact) mass is 534 g/mol. The van der Waals surface area contributed by atoms with Crippen molar-refractivity contribution < 1.29 is 17.9 Å². The Bertz CT molecular complexity index is 1520. The van der Waals surface area contributed by atoms with Gasteiger partial charge in [0.1, 0.15) is 5.82 Å². The topological polar surface area (TPSA) is 154 Å². The highest BCUT2D eigenvalue weighted by Crippen LogP contribution is 2.36. The Morgan fingerprint density at radius 1 is 0.842 bits per heavy atom. The van der Waals surface area contributed by atoms with Crippen molar-refractivity contribution in [3.05, 3.63) is 78.0 Å². The van der Waals surface area contributed by atoms with Crippen molar-refractivity contribution in [2.75, 3.05) is 42.6 Å². The summed E-state index contributed by atoms with van der Waals surface area (Å²) in [5.41, 5.74) is 16.9. The number of sulfone groups is 1. The van der Waals surface area contributed by atoms with Gasteiger partial charge in [0, 0.05) is 24.1 Å². The molecular weight excluding hydrogens is 504 g/mol. The number of nitrogens with zero attached hydrogens (tertiary/aromatic N) is 2. The fraction of sp³-hybridized carbons (Fsp3) is 0.185. The number of anilines is 4. The van der Waals surface area contributed by atoms with Crippen LogP contribution in [0.1, 0.15) is 11.3 Å². The van der Waals surface area contributed by atoms with Gasteiger partial charge in [0.2, 0.25) is 5.95 Å². The number of nitrogens with one attached hydrogen (secondary N) is 2. The molecule has 0 fully saturated rings. The lowest BCUT2D eigenvalue weighted by Gasteiger charge is -2.16. The Morgan fingerprint density at radius 2 is 1.55 bits per heavy atom. The molecule has 38 heavy (non-hydrogen) atoms. The first-order valence-electron chi connectivity index (χ1n) is 11.7. The maximum atomic E-state index is 11.7. The molecule has 3 aromatic carbocycles. The largest absolute Gasteiger partial charge is 0.493 e. The van der Waals surface area contributed by atoms with Crippen LogP contribution in [-0.2, 0) is 22.9 Å². The quantitative estimate of drug-likeness (QED) is 0.235. The average molecular weight is 535 g/mol. The first-order chi connectivity index (χ1) is 18.2. The molecule has 0 saturated carbocycles. The third-order valence-electron chi connectivity index (χ3n) is 5.90. The first-order valence-corrected chi connectivity index (χ1v) is 13.6. The number of rotatable bonds is 10. The molecule has 6 N–H and O–H groups in total. The molecule has 0 spiro atoms. The van der Waals surface area contributed by atoms with Crippen LogP contribution >= 0.6 is 0 Å². The molecule has 0 bridgehead atoms. The van der Waals surface area contributed by atoms with Crippen molar-refractivity contribution in [1.82, 2.24) is 9.97 Å². The highest BCUT2D eigenvalue weighted by atomic mass is 32.2. The number of hydrogen-bond acceptors (Lipinski definition) is 10. The third-order valence-corrected chi connectivity index (χ3v) is 7.03. The standard InChI is InChI=1S/C27H30N6O4S/c1-36-23-6-4-5-21(25(23)37-2)31-16-22-24(26(28)33-27(29)32-22)18-9-11-19(12-10-18)30-15-17-7-13-20(14-8-17)38(3,34)35/h4-14,30-31H,15-16H2,1-3H3,(H4,28,29,32,33). The van der Waals surface area contributed by atoms with Crippen molar-refractivity contribution in [2.24, 2.45) is 0 Å². The van der Waals surface area contributed by atoms with E-state index >= 15 is 0 Å². The van der Waals surface area contributed by atoms with Gasteiger partial charge in [0.15, 0.2) is 21.3 Å². The summed E-state index contributed by atoms with van der Waals surface area (Å²) in [6.07, 6.45) is 1.19. The van der Waals surface area contributed by atoms with E-state index in [-0.39, 0.29) is 11.8 Å². The molecule has 4 aromatic rings. The highest BCUT2D eigenvalue weighted by Gasteiger charge is 2.16. The molecule has 1 aromatic heterocycles. The lowest BCUT2D eigenvalue weighted by molar-refractivity contribution is 0.356. The number of ether oxygens (including phenoxy) is 2. The molecule has 4 rings (SSSR count). The fourth-order valence-electron chi connectivity index (χ4n) is 4.01. The summed E-state index contributed by atoms with van der Waals surface area (Å²) in [6, 6.07) is 20.1. The molecule has 1 heterocycles. The molecule has 0 radical (unpaired) electrons. The van der Waals surface area contributed by atoms with Crippen molar-refractivity contribution in [3.8, 4) is 22.6 Å². The van der Waals surface area contributed by atoms with Gasteiger partial charge < -0.3 is 31.6 Å². The minimum Gasteiger partial charge on any atom is -0.493 e. The molecular formula is C27H30N6O4S. The second-order valence-corrected chi connectivity index (χ2v) is 10.5. The number of nitrogens with two attached hydrogens (primary N) is 2. The summed E-state index contributed by atoms with van der Waals surface area (Å²) in [6.45, 7) is 0.854. The Labute approximate surface area is 221 Å². The zero-order valence-corrected chi connectivity index (χ0v) is 22.2. The number of benzene rings is 3. The number of nitrogen functional groups attached to an aromatic ring is 2. The SMILES string of the molecule is COc1cccc(NCc2nc(N)nc(N)c2-c2ccc(NCc3ccc(S(C)(=O)=O)cc3)cc2)c1OC. The number of aromatic nitrogens is 2. The second-order valence-electron chi connectivity index (χ2n) is 8.53. The molecule has 10 nitrogen and oxygen atoms in total. The van der Waals surface area contributed by atoms with Crippen molar-refractivity contribution in [3.63, 3.8) is 0 Å². The maximum Gasteiger partial charge on any atom is 0.222 e. The normalized spacial score (nSPS) is 11.1. The van der Waals surface area contributed by atoms with Crippen LogP contribution in [0.15, 0.2) is 71.6 Å². The first kappa shape index (κ1) is 26.6. The van der Waals surface area contributed by atoms with Gasteiger partial charge in [-0.05, 0) is 47.5 Å². The lowest BCUT2D eigenvalue weighted by atomic mass is 10.0. The molecule has 11 heteroatoms. The maximum absolute atomic E-state index is 11.7. The van der Waals surface area contributed by atoms with Gasteiger partial charge >= 0.3 is 0 Å². The van der Waals surface area contributed by atoms with Crippen LogP contribution in [0.5, 0.6) is 11.5 Å². The Kier molecular flexibility index (Phi) is 7.87. The predicted octanol–water partition coefficient (Wildman–Crippen LogP) is 3.95. The molecule has 198 valence electrons. The third kappa shape index (κ3) is 6.06. The van der Waals surface area contributed by atoms with Crippen LogP contribution in [0.2, 0.25) is 0 Å². The summed E-state index contributed by atoms with van der Waals surface area (Å²) >= 11 is 0. The summed E-state index contributed by atoms with van der Waals surface area (Å²) in [4.78, 5) is 8.90. The number of para-hydroxylation sites is 1. The van der Waals surface area contributed by atoms with E-state index < -0.39 is 9.84 Å². The lowest BCUT2D eigenvalue weighted by Crippen LogP contribution is -2.11. The second kappa shape index (κ2) is 11.3. The highest BCUT2D eigenvalue weighted by molar-refractivity contribution is 7.90. The zero-order valence-electron chi connectivity index (χ0n) is 21.4. The molecule has 0 aliphatic rings. The van der Waals surface area contributed by atoms with Gasteiger partial charge in [0.05, 0.1) is 37.0 Å². The molecule has 0 aliphatic heterocycles. The van der Waals surface area contributed by atoms with Crippen LogP contribution in [-0.4, -0.2) is 38.9 Å². The van der Waals surface area contributed by atoms with E-state index in [9.17, 15) is 8.42 Å². The molecule has 0 unspecified atom stereocenters. The molecule has 0 atom stereocenters. The number of methoxy groups -OCH3 is 2. The van der Waals surface area contributed by atoms with Gasteiger partial charge in [0.25, 0.3) is 0 Å². The van der Waals surface area contributed by atoms with E-state index in [1.807, 2.05) is 42.5 Å². The number of hydrogen-bond donors (Lipinski definition) is 4. The van der Waals surface area contributed by atoms with Gasteiger partial charge in [-0.15, -0.1) is 0 Å². The summed E-state index contributed by atoms with van der Waals surface area (Å²) in [5.74, 6) is 1.54. The van der Waals surface area contributed by atoms with E-state index in [0.29, 0.717) is 40.7 Å². The van der Waals surface area contributed by atoms with Gasteiger partial charge in [-0.2, -0.15) is 4.98 Å². The van der Waals surface area contributed by atoms with E-state index in [1.165, 1.54) is 6.26 Å². The minimum atomic E-state index is -3.22. The average Bonchev–Trinajstić information content (AvgIpc) is 2.90. The van der Waals surface area contributed by atoms with Crippen LogP contribution in [0.3, 0.4) is 0 Å². The summed E-state index contributed by atoms with van der Waals surface area (Å²) in [5, 5.41) is 6.66. The van der Waals surface area contributed by atoms with Crippen LogP contribution < -0.4 is 31.6 Å². The van der Waals surface area contributed by atoms with Crippen LogP contribution in [0, 0.1) is 0 Å². The van der Waals surface area contributed by atoms with Crippen molar-refractivity contribution >= 4 is 33.0 Å². The molecule has 0 saturated heterocycles. The van der Waals surface area contributed by atoms with E-state index in [2.05, 4.69) is 20.6 Å². The Hall–Kier alpha value is -4.51. The van der Waals surface area contributed by atoms with Gasteiger partial charge in [-0.1, -0.05) is 30.3 Å². The Morgan fingerprint density at radius 3 is 2.18 bits per heavy atom. The molecule has 0 amide bonds. The zero-order chi connectivity index (χ0) is 27.3. The predicted molar refractivity (Wildman–Crippen MR) is 150 cm³/mol. The summed E-state index contributed by atoms with van der Waals surface area (Å²) < 4.78 is 34.2. The van der Waals surface area contributed by atoms with E-state index in [1.54, 1.807) is 38.5 Å². The Balaban J connectivity index is 1.52. The smallest absolute Gasteiger partial charge is 0.222 e. The van der Waals surface area contributed by atoms with E-state index in [4.69, 9.17) is 20.9 Å². The van der Waals surface area contributed by atoms with E-state index in [0.717, 1.165) is 22.5 Å². The van der Waals surface area contributed by atoms with Gasteiger partial charge in [-0.3, -0.25) is 0 Å². The summed E-state index contributed by atoms with van der Waals surface area (Å²) in [7, 11) is -0.0588. The van der Waals surface area contributed by atoms with Crippen LogP contribution in [0.4, 0.5) is 23.1 Å². The fourth-order valence-corrected chi connectivity index (χ4v) is 4.64. The van der Waals surface area contributed by atoms with Crippen molar-refractivity contribution in [2.45, 2.75) is 18.0 Å².